The molecule has 2 N–H and O–H groups in total. The van der Waals surface area contributed by atoms with Crippen LogP contribution < -0.4 is 10.1 Å². The number of likely N-dealkylation sites (N-methyl/N-ethyl adjacent to an activating group) is 1. The Morgan fingerprint density at radius 2 is 2.19 bits per heavy atom. The highest BCUT2D eigenvalue weighted by Gasteiger charge is 2.32. The number of carbonyl (C=O) groups is 1. The van der Waals surface area contributed by atoms with Gasteiger partial charge in [-0.1, -0.05) is 12.1 Å². The maximum absolute atomic E-state index is 11.0. The molecule has 0 saturated heterocycles. The summed E-state index contributed by atoms with van der Waals surface area (Å²) >= 11 is 3.33. The van der Waals surface area contributed by atoms with Gasteiger partial charge in [-0.05, 0) is 42.0 Å². The van der Waals surface area contributed by atoms with Crippen molar-refractivity contribution >= 4 is 21.9 Å². The first kappa shape index (κ1) is 13.0. The van der Waals surface area contributed by atoms with Crippen molar-refractivity contribution in [3.8, 4) is 5.75 Å². The van der Waals surface area contributed by atoms with Crippen molar-refractivity contribution in [1.29, 1.82) is 0 Å². The number of nitrogens with one attached hydrogen (secondary N) is 1. The Morgan fingerprint density at radius 1 is 1.56 bits per heavy atom. The number of carboxylic acid groups (broad SMARTS) is 1. The fourth-order valence-electron chi connectivity index (χ4n) is 1.02. The Balaban J connectivity index is 2.71. The van der Waals surface area contributed by atoms with Gasteiger partial charge in [0, 0.05) is 0 Å². The maximum atomic E-state index is 11.0. The van der Waals surface area contributed by atoms with Crippen molar-refractivity contribution in [1.82, 2.24) is 5.32 Å². The third kappa shape index (κ3) is 2.96. The molecule has 1 unspecified atom stereocenters. The van der Waals surface area contributed by atoms with Crippen LogP contribution in [0.4, 0.5) is 0 Å². The van der Waals surface area contributed by atoms with E-state index >= 15 is 0 Å². The molecule has 0 aliphatic carbocycles. The smallest absolute Gasteiger partial charge is 0.327 e. The summed E-state index contributed by atoms with van der Waals surface area (Å²) in [5.74, 6) is -0.313. The van der Waals surface area contributed by atoms with Gasteiger partial charge < -0.3 is 15.2 Å². The molecule has 16 heavy (non-hydrogen) atoms. The monoisotopic (exact) mass is 287 g/mol. The van der Waals surface area contributed by atoms with E-state index in [4.69, 9.17) is 9.84 Å². The Hall–Kier alpha value is -1.07. The molecule has 0 fully saturated rings. The maximum Gasteiger partial charge on any atom is 0.327 e. The number of para-hydroxylation sites is 1. The topological polar surface area (TPSA) is 58.6 Å². The van der Waals surface area contributed by atoms with Crippen LogP contribution in [-0.2, 0) is 4.79 Å². The molecule has 1 aromatic carbocycles. The lowest BCUT2D eigenvalue weighted by atomic mass is 10.1. The number of halogens is 1. The number of hydrogen-bond donors (Lipinski definition) is 2. The van der Waals surface area contributed by atoms with Gasteiger partial charge in [0.05, 0.1) is 4.47 Å². The van der Waals surface area contributed by atoms with E-state index in [1.54, 1.807) is 20.0 Å². The highest BCUT2D eigenvalue weighted by Crippen LogP contribution is 2.24. The highest BCUT2D eigenvalue weighted by molar-refractivity contribution is 9.10. The second kappa shape index (κ2) is 5.32. The van der Waals surface area contributed by atoms with E-state index in [9.17, 15) is 4.79 Å². The first-order valence-electron chi connectivity index (χ1n) is 4.79. The van der Waals surface area contributed by atoms with Gasteiger partial charge in [0.15, 0.2) is 0 Å². The fraction of sp³-hybridized carbons (Fsp3) is 0.364. The third-order valence-electron chi connectivity index (χ3n) is 2.38. The molecule has 0 bridgehead atoms. The van der Waals surface area contributed by atoms with Crippen molar-refractivity contribution in [3.63, 3.8) is 0 Å². The number of rotatable bonds is 5. The van der Waals surface area contributed by atoms with E-state index in [1.165, 1.54) is 0 Å². The van der Waals surface area contributed by atoms with Gasteiger partial charge in [-0.25, -0.2) is 0 Å². The van der Waals surface area contributed by atoms with Crippen LogP contribution in [0.5, 0.6) is 5.75 Å². The zero-order chi connectivity index (χ0) is 12.2. The lowest BCUT2D eigenvalue weighted by Crippen LogP contribution is -2.52. The average molecular weight is 288 g/mol. The van der Waals surface area contributed by atoms with Crippen molar-refractivity contribution in [2.45, 2.75) is 12.5 Å². The standard InChI is InChI=1S/C11H14BrNO3/c1-11(13-2,10(14)15)7-16-9-6-4-3-5-8(9)12/h3-6,13H,7H2,1-2H3,(H,14,15). The lowest BCUT2D eigenvalue weighted by Gasteiger charge is -2.24. The zero-order valence-electron chi connectivity index (χ0n) is 9.16. The molecule has 0 aliphatic rings. The molecule has 0 radical (unpaired) electrons. The number of ether oxygens (including phenoxy) is 1. The molecule has 1 rings (SSSR count). The summed E-state index contributed by atoms with van der Waals surface area (Å²) in [5, 5.41) is 11.8. The first-order chi connectivity index (χ1) is 7.49. The van der Waals surface area contributed by atoms with Crippen LogP contribution in [0.3, 0.4) is 0 Å². The zero-order valence-corrected chi connectivity index (χ0v) is 10.7. The normalized spacial score (nSPS) is 14.2. The van der Waals surface area contributed by atoms with Gasteiger partial charge >= 0.3 is 5.97 Å². The molecule has 0 saturated carbocycles. The Kier molecular flexibility index (Phi) is 4.32. The van der Waals surface area contributed by atoms with Crippen molar-refractivity contribution in [3.05, 3.63) is 28.7 Å². The second-order valence-electron chi connectivity index (χ2n) is 3.61. The van der Waals surface area contributed by atoms with Crippen molar-refractivity contribution in [2.75, 3.05) is 13.7 Å². The Morgan fingerprint density at radius 3 is 2.69 bits per heavy atom. The van der Waals surface area contributed by atoms with Gasteiger partial charge in [-0.3, -0.25) is 4.79 Å². The molecule has 0 aliphatic heterocycles. The average Bonchev–Trinajstić information content (AvgIpc) is 2.27. The predicted molar refractivity (Wildman–Crippen MR) is 64.7 cm³/mol. The first-order valence-corrected chi connectivity index (χ1v) is 5.58. The molecular weight excluding hydrogens is 274 g/mol. The summed E-state index contributed by atoms with van der Waals surface area (Å²) in [6, 6.07) is 7.32. The number of aliphatic carboxylic acids is 1. The summed E-state index contributed by atoms with van der Waals surface area (Å²) in [5.41, 5.74) is -1.09. The molecule has 5 heteroatoms. The van der Waals surface area contributed by atoms with E-state index in [1.807, 2.05) is 18.2 Å². The second-order valence-corrected chi connectivity index (χ2v) is 4.46. The van der Waals surface area contributed by atoms with Gasteiger partial charge in [-0.15, -0.1) is 0 Å². The molecule has 1 aromatic rings. The Bertz CT molecular complexity index is 383. The summed E-state index contributed by atoms with van der Waals surface area (Å²) in [7, 11) is 1.59. The van der Waals surface area contributed by atoms with E-state index in [0.717, 1.165) is 4.47 Å². The van der Waals surface area contributed by atoms with E-state index in [0.29, 0.717) is 5.75 Å². The van der Waals surface area contributed by atoms with Gasteiger partial charge in [-0.2, -0.15) is 0 Å². The fourth-order valence-corrected chi connectivity index (χ4v) is 1.42. The molecule has 4 nitrogen and oxygen atoms in total. The minimum atomic E-state index is -1.09. The van der Waals surface area contributed by atoms with Crippen LogP contribution in [0.2, 0.25) is 0 Å². The predicted octanol–water partition coefficient (Wildman–Crippen LogP) is 1.89. The summed E-state index contributed by atoms with van der Waals surface area (Å²) in [4.78, 5) is 11.0. The summed E-state index contributed by atoms with van der Waals surface area (Å²) < 4.78 is 6.27. The van der Waals surface area contributed by atoms with Crippen LogP contribution in [0, 0.1) is 0 Å². The quantitative estimate of drug-likeness (QED) is 0.868. The molecular formula is C11H14BrNO3. The van der Waals surface area contributed by atoms with Gasteiger partial charge in [0.1, 0.15) is 17.9 Å². The lowest BCUT2D eigenvalue weighted by molar-refractivity contribution is -0.145. The van der Waals surface area contributed by atoms with Crippen LogP contribution in [-0.4, -0.2) is 30.3 Å². The highest BCUT2D eigenvalue weighted by atomic mass is 79.9. The van der Waals surface area contributed by atoms with Crippen LogP contribution in [0.1, 0.15) is 6.92 Å². The van der Waals surface area contributed by atoms with E-state index < -0.39 is 11.5 Å². The Labute approximate surface area is 103 Å². The minimum absolute atomic E-state index is 0.0570. The summed E-state index contributed by atoms with van der Waals surface area (Å²) in [6.45, 7) is 1.63. The van der Waals surface area contributed by atoms with Crippen LogP contribution >= 0.6 is 15.9 Å². The molecule has 0 aromatic heterocycles. The van der Waals surface area contributed by atoms with E-state index in [-0.39, 0.29) is 6.61 Å². The SMILES string of the molecule is CNC(C)(COc1ccccc1Br)C(=O)O. The summed E-state index contributed by atoms with van der Waals surface area (Å²) in [6.07, 6.45) is 0. The molecule has 88 valence electrons. The minimum Gasteiger partial charge on any atom is -0.490 e. The largest absolute Gasteiger partial charge is 0.490 e. The number of benzene rings is 1. The van der Waals surface area contributed by atoms with E-state index in [2.05, 4.69) is 21.2 Å². The van der Waals surface area contributed by atoms with Crippen molar-refractivity contribution < 1.29 is 14.6 Å². The van der Waals surface area contributed by atoms with Crippen molar-refractivity contribution in [2.24, 2.45) is 0 Å². The molecule has 0 spiro atoms. The van der Waals surface area contributed by atoms with Crippen LogP contribution in [0.15, 0.2) is 28.7 Å². The van der Waals surface area contributed by atoms with Gasteiger partial charge in [0.2, 0.25) is 0 Å². The molecule has 0 amide bonds. The molecule has 0 heterocycles. The number of hydrogen-bond acceptors (Lipinski definition) is 3. The third-order valence-corrected chi connectivity index (χ3v) is 3.03. The number of carboxylic acids is 1. The van der Waals surface area contributed by atoms with Gasteiger partial charge in [0.25, 0.3) is 0 Å². The van der Waals surface area contributed by atoms with Crippen LogP contribution in [0.25, 0.3) is 0 Å². The molecule has 1 atom stereocenters.